The highest BCUT2D eigenvalue weighted by atomic mass is 16.5. The number of para-hydroxylation sites is 1. The third-order valence-electron chi connectivity index (χ3n) is 5.13. The van der Waals surface area contributed by atoms with Gasteiger partial charge in [0.1, 0.15) is 12.2 Å². The quantitative estimate of drug-likeness (QED) is 0.778. The zero-order valence-electron chi connectivity index (χ0n) is 15.1. The van der Waals surface area contributed by atoms with E-state index < -0.39 is 0 Å². The van der Waals surface area contributed by atoms with Gasteiger partial charge < -0.3 is 14.3 Å². The van der Waals surface area contributed by atoms with Gasteiger partial charge in [-0.2, -0.15) is 0 Å². The summed E-state index contributed by atoms with van der Waals surface area (Å²) in [7, 11) is 0. The lowest BCUT2D eigenvalue weighted by molar-refractivity contribution is -0.917. The van der Waals surface area contributed by atoms with Crippen LogP contribution < -0.4 is 4.90 Å². The highest BCUT2D eigenvalue weighted by Crippen LogP contribution is 2.18. The van der Waals surface area contributed by atoms with Crippen LogP contribution in [0.4, 0.5) is 0 Å². The number of amides is 1. The van der Waals surface area contributed by atoms with E-state index in [1.54, 1.807) is 0 Å². The highest BCUT2D eigenvalue weighted by molar-refractivity contribution is 5.86. The minimum atomic E-state index is 0.138. The van der Waals surface area contributed by atoms with Gasteiger partial charge >= 0.3 is 0 Å². The molecule has 4 rings (SSSR count). The van der Waals surface area contributed by atoms with Crippen LogP contribution in [-0.4, -0.2) is 42.1 Å². The van der Waals surface area contributed by atoms with Gasteiger partial charge in [0, 0.05) is 10.9 Å². The Balaban J connectivity index is 1.33. The van der Waals surface area contributed by atoms with E-state index in [2.05, 4.69) is 36.3 Å². The summed E-state index contributed by atoms with van der Waals surface area (Å²) in [4.78, 5) is 16.1. The number of piperazine rings is 1. The molecule has 0 aliphatic carbocycles. The second-order valence-corrected chi connectivity index (χ2v) is 7.10. The summed E-state index contributed by atoms with van der Waals surface area (Å²) >= 11 is 0. The van der Waals surface area contributed by atoms with E-state index in [9.17, 15) is 4.79 Å². The number of carbonyl (C=O) groups is 1. The number of rotatable bonds is 4. The number of hydrogen-bond donors (Lipinski definition) is 1. The molecule has 1 aliphatic heterocycles. The summed E-state index contributed by atoms with van der Waals surface area (Å²) < 4.78 is 5.31. The molecule has 2 heterocycles. The molecule has 1 N–H and O–H groups in total. The summed E-state index contributed by atoms with van der Waals surface area (Å²) in [6, 6.07) is 16.4. The number of quaternary nitrogens is 1. The van der Waals surface area contributed by atoms with E-state index in [0.717, 1.165) is 49.4 Å². The van der Waals surface area contributed by atoms with E-state index in [1.165, 1.54) is 16.0 Å². The van der Waals surface area contributed by atoms with Crippen molar-refractivity contribution >= 4 is 16.9 Å². The average Bonchev–Trinajstić information content (AvgIpc) is 3.05. The molecule has 0 bridgehead atoms. The van der Waals surface area contributed by atoms with Crippen LogP contribution in [0.1, 0.15) is 16.8 Å². The molecule has 0 saturated carbocycles. The Morgan fingerprint density at radius 1 is 1.15 bits per heavy atom. The van der Waals surface area contributed by atoms with E-state index in [1.807, 2.05) is 29.2 Å². The van der Waals surface area contributed by atoms with Crippen molar-refractivity contribution in [1.82, 2.24) is 10.1 Å². The van der Waals surface area contributed by atoms with Crippen molar-refractivity contribution < 1.29 is 14.2 Å². The molecular weight excluding hydrogens is 326 g/mol. The largest absolute Gasteiger partial charge is 0.356 e. The molecule has 0 radical (unpaired) electrons. The van der Waals surface area contributed by atoms with Crippen LogP contribution in [0.3, 0.4) is 0 Å². The zero-order chi connectivity index (χ0) is 17.9. The minimum absolute atomic E-state index is 0.138. The van der Waals surface area contributed by atoms with Crippen LogP contribution in [0.2, 0.25) is 0 Å². The van der Waals surface area contributed by atoms with Crippen LogP contribution in [0.15, 0.2) is 53.1 Å². The lowest BCUT2D eigenvalue weighted by Gasteiger charge is -2.32. The van der Waals surface area contributed by atoms with Crippen LogP contribution in [0, 0.1) is 6.92 Å². The fourth-order valence-electron chi connectivity index (χ4n) is 3.68. The van der Waals surface area contributed by atoms with E-state index in [0.29, 0.717) is 6.42 Å². The smallest absolute Gasteiger partial charge is 0.229 e. The van der Waals surface area contributed by atoms with Gasteiger partial charge in [0.15, 0.2) is 5.58 Å². The van der Waals surface area contributed by atoms with Crippen LogP contribution in [-0.2, 0) is 17.8 Å². The molecular formula is C21H24N3O2+. The summed E-state index contributed by atoms with van der Waals surface area (Å²) in [5.41, 5.74) is 4.15. The second-order valence-electron chi connectivity index (χ2n) is 7.10. The fourth-order valence-corrected chi connectivity index (χ4v) is 3.68. The molecule has 0 unspecified atom stereocenters. The molecule has 1 aliphatic rings. The predicted octanol–water partition coefficient (Wildman–Crippen LogP) is 1.61. The van der Waals surface area contributed by atoms with Gasteiger partial charge in [-0.3, -0.25) is 4.79 Å². The zero-order valence-corrected chi connectivity index (χ0v) is 15.1. The van der Waals surface area contributed by atoms with Crippen LogP contribution in [0.25, 0.3) is 11.0 Å². The Kier molecular flexibility index (Phi) is 4.71. The molecule has 0 atom stereocenters. The van der Waals surface area contributed by atoms with E-state index in [-0.39, 0.29) is 5.91 Å². The first-order valence-corrected chi connectivity index (χ1v) is 9.19. The Morgan fingerprint density at radius 3 is 2.77 bits per heavy atom. The first-order valence-electron chi connectivity index (χ1n) is 9.19. The summed E-state index contributed by atoms with van der Waals surface area (Å²) in [6.07, 6.45) is 0.310. The molecule has 5 nitrogen and oxygen atoms in total. The maximum atomic E-state index is 12.7. The first-order chi connectivity index (χ1) is 12.7. The van der Waals surface area contributed by atoms with Crippen LogP contribution in [0.5, 0.6) is 0 Å². The molecule has 134 valence electrons. The normalized spacial score (nSPS) is 15.5. The van der Waals surface area contributed by atoms with E-state index in [4.69, 9.17) is 4.52 Å². The van der Waals surface area contributed by atoms with Gasteiger partial charge in [-0.15, -0.1) is 0 Å². The van der Waals surface area contributed by atoms with Crippen LogP contribution >= 0.6 is 0 Å². The topological polar surface area (TPSA) is 50.8 Å². The molecule has 1 fully saturated rings. The molecule has 3 aromatic rings. The molecule has 5 heteroatoms. The third-order valence-corrected chi connectivity index (χ3v) is 5.13. The minimum Gasteiger partial charge on any atom is -0.356 e. The van der Waals surface area contributed by atoms with Gasteiger partial charge in [0.05, 0.1) is 32.6 Å². The maximum Gasteiger partial charge on any atom is 0.229 e. The van der Waals surface area contributed by atoms with Gasteiger partial charge in [0.25, 0.3) is 0 Å². The molecule has 1 amide bonds. The first kappa shape index (κ1) is 16.8. The number of nitrogens with zero attached hydrogens (tertiary/aromatic N) is 2. The Hall–Kier alpha value is -2.66. The lowest BCUT2D eigenvalue weighted by atomic mass is 10.1. The van der Waals surface area contributed by atoms with Crippen molar-refractivity contribution in [1.29, 1.82) is 0 Å². The van der Waals surface area contributed by atoms with Crippen molar-refractivity contribution in [3.63, 3.8) is 0 Å². The molecule has 1 aromatic heterocycles. The SMILES string of the molecule is Cc1cccc(C[NH+]2CCN(C(=O)Cc3noc4ccccc34)CC2)c1. The van der Waals surface area contributed by atoms with Gasteiger partial charge in [-0.1, -0.05) is 47.1 Å². The number of hydrogen-bond acceptors (Lipinski definition) is 3. The summed E-state index contributed by atoms with van der Waals surface area (Å²) in [6.45, 7) is 6.73. The van der Waals surface area contributed by atoms with Crippen molar-refractivity contribution in [3.8, 4) is 0 Å². The number of benzene rings is 2. The van der Waals surface area contributed by atoms with Crippen molar-refractivity contribution in [2.75, 3.05) is 26.2 Å². The Labute approximate surface area is 153 Å². The number of fused-ring (bicyclic) bond motifs is 1. The monoisotopic (exact) mass is 350 g/mol. The predicted molar refractivity (Wildman–Crippen MR) is 99.9 cm³/mol. The summed E-state index contributed by atoms with van der Waals surface area (Å²) in [5, 5.41) is 5.02. The number of nitrogens with one attached hydrogen (secondary N) is 1. The van der Waals surface area contributed by atoms with Gasteiger partial charge in [0.2, 0.25) is 5.91 Å². The van der Waals surface area contributed by atoms with Gasteiger partial charge in [-0.25, -0.2) is 0 Å². The van der Waals surface area contributed by atoms with E-state index >= 15 is 0 Å². The third kappa shape index (κ3) is 3.63. The second kappa shape index (κ2) is 7.30. The standard InChI is InChI=1S/C21H23N3O2/c1-16-5-4-6-17(13-16)15-23-9-11-24(12-10-23)21(25)14-19-18-7-2-3-8-20(18)26-22-19/h2-8,13H,9-12,14-15H2,1H3/p+1. The number of aromatic nitrogens is 1. The Bertz CT molecular complexity index is 910. The molecule has 2 aromatic carbocycles. The number of carbonyl (C=O) groups excluding carboxylic acids is 1. The maximum absolute atomic E-state index is 12.7. The molecule has 0 spiro atoms. The molecule has 1 saturated heterocycles. The van der Waals surface area contributed by atoms with Crippen molar-refractivity contribution in [2.24, 2.45) is 0 Å². The number of aryl methyl sites for hydroxylation is 1. The highest BCUT2D eigenvalue weighted by Gasteiger charge is 2.25. The lowest BCUT2D eigenvalue weighted by Crippen LogP contribution is -3.13. The molecule has 26 heavy (non-hydrogen) atoms. The van der Waals surface area contributed by atoms with Crippen molar-refractivity contribution in [3.05, 3.63) is 65.4 Å². The fraction of sp³-hybridized carbons (Fsp3) is 0.333. The average molecular weight is 350 g/mol. The summed E-state index contributed by atoms with van der Waals surface area (Å²) in [5.74, 6) is 0.138. The van der Waals surface area contributed by atoms with Crippen molar-refractivity contribution in [2.45, 2.75) is 19.9 Å². The Morgan fingerprint density at radius 2 is 1.96 bits per heavy atom. The van der Waals surface area contributed by atoms with Gasteiger partial charge in [-0.05, 0) is 19.1 Å².